The molecule has 0 saturated heterocycles. The fourth-order valence-electron chi connectivity index (χ4n) is 3.54. The van der Waals surface area contributed by atoms with Gasteiger partial charge >= 0.3 is 0 Å². The van der Waals surface area contributed by atoms with Crippen LogP contribution >= 0.6 is 0 Å². The van der Waals surface area contributed by atoms with E-state index < -0.39 is 0 Å². The summed E-state index contributed by atoms with van der Waals surface area (Å²) in [4.78, 5) is 0. The van der Waals surface area contributed by atoms with Crippen LogP contribution in [0.3, 0.4) is 0 Å². The van der Waals surface area contributed by atoms with E-state index in [-0.39, 0.29) is 0 Å². The second-order valence-corrected chi connectivity index (χ2v) is 6.01. The molecule has 0 spiro atoms. The zero-order valence-corrected chi connectivity index (χ0v) is 12.3. The Morgan fingerprint density at radius 2 is 1.88 bits per heavy atom. The van der Waals surface area contributed by atoms with E-state index in [2.05, 4.69) is 26.2 Å². The van der Waals surface area contributed by atoms with Gasteiger partial charge in [-0.3, -0.25) is 0 Å². The molecule has 1 N–H and O–H groups in total. The molecule has 2 atom stereocenters. The summed E-state index contributed by atoms with van der Waals surface area (Å²) >= 11 is 0. The molecular formula is C16H33N. The molecule has 17 heavy (non-hydrogen) atoms. The number of nitrogens with one attached hydrogen (secondary N) is 1. The summed E-state index contributed by atoms with van der Waals surface area (Å²) in [6.07, 6.45) is 13.1. The van der Waals surface area contributed by atoms with Crippen LogP contribution in [0.5, 0.6) is 0 Å². The second-order valence-electron chi connectivity index (χ2n) is 6.01. The van der Waals surface area contributed by atoms with Crippen molar-refractivity contribution in [1.82, 2.24) is 5.32 Å². The zero-order chi connectivity index (χ0) is 12.5. The highest BCUT2D eigenvalue weighted by Gasteiger charge is 2.26. The van der Waals surface area contributed by atoms with Gasteiger partial charge in [0.15, 0.2) is 0 Å². The third kappa shape index (κ3) is 5.42. The van der Waals surface area contributed by atoms with Crippen molar-refractivity contribution in [3.8, 4) is 0 Å². The van der Waals surface area contributed by atoms with Gasteiger partial charge in [0.25, 0.3) is 0 Å². The first kappa shape index (κ1) is 15.0. The van der Waals surface area contributed by atoms with Crippen molar-refractivity contribution in [3.05, 3.63) is 0 Å². The molecule has 1 aliphatic rings. The average Bonchev–Trinajstić information content (AvgIpc) is 2.87. The van der Waals surface area contributed by atoms with E-state index in [4.69, 9.17) is 0 Å². The van der Waals surface area contributed by atoms with Crippen molar-refractivity contribution in [2.24, 2.45) is 17.8 Å². The van der Waals surface area contributed by atoms with E-state index in [1.807, 2.05) is 0 Å². The lowest BCUT2D eigenvalue weighted by Crippen LogP contribution is -2.27. The zero-order valence-electron chi connectivity index (χ0n) is 12.3. The molecule has 1 fully saturated rings. The highest BCUT2D eigenvalue weighted by atomic mass is 14.8. The summed E-state index contributed by atoms with van der Waals surface area (Å²) in [5.74, 6) is 2.95. The van der Waals surface area contributed by atoms with Gasteiger partial charge in [0, 0.05) is 0 Å². The quantitative estimate of drug-likeness (QED) is 0.619. The van der Waals surface area contributed by atoms with Crippen molar-refractivity contribution in [1.29, 1.82) is 0 Å². The molecule has 1 nitrogen and oxygen atoms in total. The van der Waals surface area contributed by atoms with Crippen LogP contribution in [0.1, 0.15) is 71.6 Å². The number of rotatable bonds is 9. The van der Waals surface area contributed by atoms with E-state index in [1.165, 1.54) is 64.3 Å². The Balaban J connectivity index is 2.39. The molecule has 0 radical (unpaired) electrons. The Bertz CT molecular complexity index is 172. The van der Waals surface area contributed by atoms with Crippen molar-refractivity contribution < 1.29 is 0 Å². The molecule has 0 aliphatic heterocycles. The molecule has 0 bridgehead atoms. The predicted octanol–water partition coefficient (Wildman–Crippen LogP) is 4.62. The van der Waals surface area contributed by atoms with Crippen molar-refractivity contribution in [2.75, 3.05) is 13.6 Å². The van der Waals surface area contributed by atoms with Crippen molar-refractivity contribution >= 4 is 0 Å². The second kappa shape index (κ2) is 8.97. The molecule has 1 saturated carbocycles. The first-order chi connectivity index (χ1) is 8.31. The summed E-state index contributed by atoms with van der Waals surface area (Å²) in [5.41, 5.74) is 0. The molecule has 2 unspecified atom stereocenters. The van der Waals surface area contributed by atoms with Crippen LogP contribution in [-0.4, -0.2) is 13.6 Å². The Kier molecular flexibility index (Phi) is 7.92. The molecule has 0 amide bonds. The van der Waals surface area contributed by atoms with Crippen LogP contribution in [0.15, 0.2) is 0 Å². The molecule has 0 aromatic carbocycles. The van der Waals surface area contributed by atoms with E-state index in [1.54, 1.807) is 0 Å². The van der Waals surface area contributed by atoms with E-state index in [0.717, 1.165) is 17.8 Å². The SMILES string of the molecule is CCCCC(CC)CC(CNC)C1CCCC1. The van der Waals surface area contributed by atoms with Gasteiger partial charge in [0.2, 0.25) is 0 Å². The monoisotopic (exact) mass is 239 g/mol. The van der Waals surface area contributed by atoms with Crippen LogP contribution in [0.4, 0.5) is 0 Å². The predicted molar refractivity (Wildman–Crippen MR) is 77.3 cm³/mol. The number of hydrogen-bond donors (Lipinski definition) is 1. The average molecular weight is 239 g/mol. The summed E-state index contributed by atoms with van der Waals surface area (Å²) in [6, 6.07) is 0. The number of hydrogen-bond acceptors (Lipinski definition) is 1. The van der Waals surface area contributed by atoms with Gasteiger partial charge in [-0.2, -0.15) is 0 Å². The maximum Gasteiger partial charge on any atom is -0.00208 e. The molecular weight excluding hydrogens is 206 g/mol. The Morgan fingerprint density at radius 1 is 1.18 bits per heavy atom. The van der Waals surface area contributed by atoms with Gasteiger partial charge in [-0.25, -0.2) is 0 Å². The first-order valence-corrected chi connectivity index (χ1v) is 7.96. The number of unbranched alkanes of at least 4 members (excludes halogenated alkanes) is 1. The normalized spacial score (nSPS) is 20.6. The Hall–Kier alpha value is -0.0400. The Labute approximate surface area is 109 Å². The minimum atomic E-state index is 0.948. The summed E-state index contributed by atoms with van der Waals surface area (Å²) < 4.78 is 0. The fraction of sp³-hybridized carbons (Fsp3) is 1.00. The Morgan fingerprint density at radius 3 is 2.41 bits per heavy atom. The molecule has 0 aromatic heterocycles. The maximum atomic E-state index is 3.43. The highest BCUT2D eigenvalue weighted by molar-refractivity contribution is 4.78. The van der Waals surface area contributed by atoms with Gasteiger partial charge < -0.3 is 5.32 Å². The lowest BCUT2D eigenvalue weighted by atomic mass is 9.81. The molecule has 1 rings (SSSR count). The minimum Gasteiger partial charge on any atom is -0.319 e. The van der Waals surface area contributed by atoms with Crippen LogP contribution < -0.4 is 5.32 Å². The van der Waals surface area contributed by atoms with Gasteiger partial charge in [-0.05, 0) is 37.8 Å². The van der Waals surface area contributed by atoms with Crippen molar-refractivity contribution in [2.45, 2.75) is 71.6 Å². The van der Waals surface area contributed by atoms with E-state index >= 15 is 0 Å². The van der Waals surface area contributed by atoms with E-state index in [0.29, 0.717) is 0 Å². The smallest absolute Gasteiger partial charge is 0.00208 e. The molecule has 1 aliphatic carbocycles. The molecule has 102 valence electrons. The third-order valence-electron chi connectivity index (χ3n) is 4.71. The van der Waals surface area contributed by atoms with Crippen molar-refractivity contribution in [3.63, 3.8) is 0 Å². The van der Waals surface area contributed by atoms with Crippen LogP contribution in [0.2, 0.25) is 0 Å². The van der Waals surface area contributed by atoms with Crippen LogP contribution in [-0.2, 0) is 0 Å². The summed E-state index contributed by atoms with van der Waals surface area (Å²) in [5, 5.41) is 3.43. The fourth-order valence-corrected chi connectivity index (χ4v) is 3.54. The van der Waals surface area contributed by atoms with Crippen LogP contribution in [0.25, 0.3) is 0 Å². The third-order valence-corrected chi connectivity index (χ3v) is 4.71. The summed E-state index contributed by atoms with van der Waals surface area (Å²) in [6.45, 7) is 5.94. The lowest BCUT2D eigenvalue weighted by Gasteiger charge is -2.27. The highest BCUT2D eigenvalue weighted by Crippen LogP contribution is 2.35. The standard InChI is InChI=1S/C16H33N/c1-4-6-9-14(5-2)12-16(13-17-3)15-10-7-8-11-15/h14-17H,4-13H2,1-3H3. The largest absolute Gasteiger partial charge is 0.319 e. The first-order valence-electron chi connectivity index (χ1n) is 7.96. The lowest BCUT2D eigenvalue weighted by molar-refractivity contribution is 0.250. The van der Waals surface area contributed by atoms with Crippen LogP contribution in [0, 0.1) is 17.8 Å². The maximum absolute atomic E-state index is 3.43. The van der Waals surface area contributed by atoms with E-state index in [9.17, 15) is 0 Å². The molecule has 0 heterocycles. The van der Waals surface area contributed by atoms with Gasteiger partial charge in [0.05, 0.1) is 0 Å². The summed E-state index contributed by atoms with van der Waals surface area (Å²) in [7, 11) is 2.12. The van der Waals surface area contributed by atoms with Gasteiger partial charge in [-0.1, -0.05) is 65.2 Å². The minimum absolute atomic E-state index is 0.948. The molecule has 0 aromatic rings. The topological polar surface area (TPSA) is 12.0 Å². The van der Waals surface area contributed by atoms with Gasteiger partial charge in [-0.15, -0.1) is 0 Å². The van der Waals surface area contributed by atoms with Gasteiger partial charge in [0.1, 0.15) is 0 Å². The molecule has 1 heteroatoms.